The molecule has 8 nitrogen and oxygen atoms in total. The van der Waals surface area contributed by atoms with Gasteiger partial charge in [0.05, 0.1) is 12.6 Å². The van der Waals surface area contributed by atoms with Crippen molar-refractivity contribution < 1.29 is 29.0 Å². The summed E-state index contributed by atoms with van der Waals surface area (Å²) in [6.45, 7) is 6.96. The van der Waals surface area contributed by atoms with Crippen LogP contribution in [0.2, 0.25) is 0 Å². The lowest BCUT2D eigenvalue weighted by atomic mass is 9.98. The first-order valence-electron chi connectivity index (χ1n) is 11.4. The van der Waals surface area contributed by atoms with Crippen molar-refractivity contribution in [3.63, 3.8) is 0 Å². The number of carbonyl (C=O) groups is 3. The Morgan fingerprint density at radius 1 is 0.912 bits per heavy atom. The van der Waals surface area contributed by atoms with Crippen molar-refractivity contribution in [2.75, 3.05) is 19.7 Å². The van der Waals surface area contributed by atoms with Crippen LogP contribution in [0, 0.1) is 0 Å². The normalized spacial score (nSPS) is 19.9. The topological polar surface area (TPSA) is 96.4 Å². The van der Waals surface area contributed by atoms with Crippen molar-refractivity contribution >= 4 is 18.2 Å². The molecule has 2 aromatic rings. The Labute approximate surface area is 199 Å². The second-order valence-corrected chi connectivity index (χ2v) is 9.79. The molecule has 1 heterocycles. The number of carboxylic acid groups (broad SMARTS) is 1. The number of fused-ring (bicyclic) bond motifs is 3. The van der Waals surface area contributed by atoms with Crippen LogP contribution in [0.3, 0.4) is 0 Å². The Balaban J connectivity index is 1.48. The lowest BCUT2D eigenvalue weighted by Crippen LogP contribution is -2.63. The van der Waals surface area contributed by atoms with E-state index in [1.54, 1.807) is 27.7 Å². The third-order valence-electron chi connectivity index (χ3n) is 6.22. The first-order valence-corrected chi connectivity index (χ1v) is 11.4. The van der Waals surface area contributed by atoms with Crippen molar-refractivity contribution in [2.24, 2.45) is 0 Å². The summed E-state index contributed by atoms with van der Waals surface area (Å²) < 4.78 is 11.1. The molecule has 1 saturated heterocycles. The first kappa shape index (κ1) is 23.6. The van der Waals surface area contributed by atoms with Crippen molar-refractivity contribution in [3.8, 4) is 11.1 Å². The molecule has 0 unspecified atom stereocenters. The highest BCUT2D eigenvalue weighted by Crippen LogP contribution is 2.44. The van der Waals surface area contributed by atoms with Gasteiger partial charge in [-0.05, 0) is 49.9 Å². The molecule has 2 amide bonds. The van der Waals surface area contributed by atoms with Crippen molar-refractivity contribution in [1.82, 2.24) is 9.80 Å². The number of benzene rings is 2. The first-order chi connectivity index (χ1) is 16.1. The Morgan fingerprint density at radius 2 is 1.47 bits per heavy atom. The molecule has 2 atom stereocenters. The van der Waals surface area contributed by atoms with Crippen LogP contribution in [0.5, 0.6) is 0 Å². The molecule has 4 rings (SSSR count). The molecule has 1 N–H and O–H groups in total. The Hall–Kier alpha value is -3.55. The summed E-state index contributed by atoms with van der Waals surface area (Å²) in [7, 11) is 0. The van der Waals surface area contributed by atoms with E-state index in [1.165, 1.54) is 9.80 Å². The predicted molar refractivity (Wildman–Crippen MR) is 126 cm³/mol. The highest BCUT2D eigenvalue weighted by molar-refractivity contribution is 5.82. The fourth-order valence-corrected chi connectivity index (χ4v) is 4.64. The molecule has 0 saturated carbocycles. The molecular weight excluding hydrogens is 436 g/mol. The van der Waals surface area contributed by atoms with Crippen LogP contribution in [0.15, 0.2) is 48.5 Å². The van der Waals surface area contributed by atoms with E-state index in [9.17, 15) is 19.5 Å². The SMILES string of the molecule is C[C@H]1CN(C(=O)OCC2c3ccccc3-c3ccccc32)[C@H](C(=O)O)CN1C(=O)OC(C)(C)C. The number of hydrogen-bond donors (Lipinski definition) is 1. The van der Waals surface area contributed by atoms with Crippen molar-refractivity contribution in [1.29, 1.82) is 0 Å². The van der Waals surface area contributed by atoms with Gasteiger partial charge in [-0.15, -0.1) is 0 Å². The van der Waals surface area contributed by atoms with Crippen LogP contribution >= 0.6 is 0 Å². The molecule has 2 aliphatic rings. The molecule has 1 aliphatic carbocycles. The minimum absolute atomic E-state index is 0.0346. The number of aliphatic carboxylic acids is 1. The quantitative estimate of drug-likeness (QED) is 0.723. The van der Waals surface area contributed by atoms with E-state index < -0.39 is 35.8 Å². The van der Waals surface area contributed by atoms with E-state index >= 15 is 0 Å². The molecule has 0 bridgehead atoms. The molecule has 34 heavy (non-hydrogen) atoms. The number of ether oxygens (including phenoxy) is 2. The van der Waals surface area contributed by atoms with Crippen molar-refractivity contribution in [3.05, 3.63) is 59.7 Å². The lowest BCUT2D eigenvalue weighted by molar-refractivity contribution is -0.145. The van der Waals surface area contributed by atoms with Gasteiger partial charge in [-0.3, -0.25) is 4.90 Å². The lowest BCUT2D eigenvalue weighted by Gasteiger charge is -2.43. The third kappa shape index (κ3) is 4.58. The van der Waals surface area contributed by atoms with Crippen LogP contribution in [0.4, 0.5) is 9.59 Å². The number of amides is 2. The zero-order valence-electron chi connectivity index (χ0n) is 19.9. The van der Waals surface area contributed by atoms with Gasteiger partial charge in [0, 0.05) is 12.5 Å². The van der Waals surface area contributed by atoms with Crippen LogP contribution in [-0.2, 0) is 14.3 Å². The fourth-order valence-electron chi connectivity index (χ4n) is 4.64. The van der Waals surface area contributed by atoms with Crippen LogP contribution in [-0.4, -0.2) is 70.4 Å². The van der Waals surface area contributed by atoms with Crippen LogP contribution < -0.4 is 0 Å². The summed E-state index contributed by atoms with van der Waals surface area (Å²) in [6.07, 6.45) is -1.30. The minimum atomic E-state index is -1.22. The maximum Gasteiger partial charge on any atom is 0.410 e. The van der Waals surface area contributed by atoms with Gasteiger partial charge in [0.25, 0.3) is 0 Å². The van der Waals surface area contributed by atoms with E-state index in [0.717, 1.165) is 22.3 Å². The van der Waals surface area contributed by atoms with E-state index in [2.05, 4.69) is 0 Å². The van der Waals surface area contributed by atoms with Gasteiger partial charge >= 0.3 is 18.2 Å². The molecule has 180 valence electrons. The summed E-state index contributed by atoms with van der Waals surface area (Å²) >= 11 is 0. The van der Waals surface area contributed by atoms with E-state index in [0.29, 0.717) is 0 Å². The minimum Gasteiger partial charge on any atom is -0.480 e. The molecule has 1 fully saturated rings. The van der Waals surface area contributed by atoms with Crippen molar-refractivity contribution in [2.45, 2.75) is 51.3 Å². The fraction of sp³-hybridized carbons (Fsp3) is 0.423. The second kappa shape index (κ2) is 9.00. The molecular formula is C26H30N2O6. The summed E-state index contributed by atoms with van der Waals surface area (Å²) in [5.41, 5.74) is 3.67. The second-order valence-electron chi connectivity index (χ2n) is 9.79. The average molecular weight is 467 g/mol. The maximum absolute atomic E-state index is 13.1. The Morgan fingerprint density at radius 3 is 2.00 bits per heavy atom. The molecule has 0 aromatic heterocycles. The van der Waals surface area contributed by atoms with Gasteiger partial charge < -0.3 is 19.5 Å². The Kier molecular flexibility index (Phi) is 6.25. The molecule has 0 radical (unpaired) electrons. The summed E-state index contributed by atoms with van der Waals surface area (Å²) in [5.74, 6) is -1.32. The summed E-state index contributed by atoms with van der Waals surface area (Å²) in [6, 6.07) is 14.4. The number of piperazine rings is 1. The molecule has 0 spiro atoms. The zero-order chi connectivity index (χ0) is 24.6. The smallest absolute Gasteiger partial charge is 0.410 e. The van der Waals surface area contributed by atoms with Gasteiger partial charge in [0.2, 0.25) is 0 Å². The van der Waals surface area contributed by atoms with Gasteiger partial charge in [0.15, 0.2) is 6.04 Å². The molecule has 2 aromatic carbocycles. The van der Waals surface area contributed by atoms with Gasteiger partial charge in [0.1, 0.15) is 12.2 Å². The van der Waals surface area contributed by atoms with E-state index in [-0.39, 0.29) is 25.6 Å². The third-order valence-corrected chi connectivity index (χ3v) is 6.22. The molecule has 1 aliphatic heterocycles. The van der Waals surface area contributed by atoms with Crippen LogP contribution in [0.25, 0.3) is 11.1 Å². The van der Waals surface area contributed by atoms with Gasteiger partial charge in [-0.1, -0.05) is 48.5 Å². The molecule has 8 heteroatoms. The summed E-state index contributed by atoms with van der Waals surface area (Å²) in [4.78, 5) is 40.2. The number of nitrogens with zero attached hydrogens (tertiary/aromatic N) is 2. The standard InChI is InChI=1S/C26H30N2O6/c1-16-13-28(22(23(29)30)14-27(16)25(32)34-26(2,3)4)24(31)33-15-21-19-11-7-5-9-17(19)18-10-6-8-12-20(18)21/h5-12,16,21-22H,13-15H2,1-4H3,(H,29,30)/t16-,22-/m0/s1. The Bertz CT molecular complexity index is 1060. The van der Waals surface area contributed by atoms with Gasteiger partial charge in [-0.2, -0.15) is 0 Å². The zero-order valence-corrected chi connectivity index (χ0v) is 19.9. The highest BCUT2D eigenvalue weighted by atomic mass is 16.6. The van der Waals surface area contributed by atoms with E-state index in [1.807, 2.05) is 48.5 Å². The van der Waals surface area contributed by atoms with Crippen LogP contribution in [0.1, 0.15) is 44.7 Å². The van der Waals surface area contributed by atoms with E-state index in [4.69, 9.17) is 9.47 Å². The van der Waals surface area contributed by atoms with Gasteiger partial charge in [-0.25, -0.2) is 14.4 Å². The summed E-state index contributed by atoms with van der Waals surface area (Å²) in [5, 5.41) is 9.79. The number of carbonyl (C=O) groups excluding carboxylic acids is 2. The number of carboxylic acids is 1. The maximum atomic E-state index is 13.1. The predicted octanol–water partition coefficient (Wildman–Crippen LogP) is 4.33. The monoisotopic (exact) mass is 466 g/mol. The largest absolute Gasteiger partial charge is 0.480 e. The number of hydrogen-bond acceptors (Lipinski definition) is 5. The highest BCUT2D eigenvalue weighted by Gasteiger charge is 2.43. The number of rotatable bonds is 3. The average Bonchev–Trinajstić information content (AvgIpc) is 3.09.